The number of rotatable bonds is 1. The number of hydrogen-bond acceptors (Lipinski definition) is 4. The fourth-order valence-corrected chi connectivity index (χ4v) is 12.9. The molecule has 3 aliphatic rings. The second-order valence-electron chi connectivity index (χ2n) is 25.6. The van der Waals surface area contributed by atoms with E-state index < -0.39 is 0 Å². The van der Waals surface area contributed by atoms with Crippen LogP contribution in [0.15, 0.2) is 122 Å². The summed E-state index contributed by atoms with van der Waals surface area (Å²) in [6.07, 6.45) is 2.26. The maximum absolute atomic E-state index is 7.70. The Morgan fingerprint density at radius 2 is 1.14 bits per heavy atom. The molecule has 0 atom stereocenters. The van der Waals surface area contributed by atoms with Gasteiger partial charge in [0.15, 0.2) is 0 Å². The zero-order chi connectivity index (χ0) is 48.5. The van der Waals surface area contributed by atoms with Gasteiger partial charge in [0.1, 0.15) is 33.6 Å². The van der Waals surface area contributed by atoms with Crippen LogP contribution in [0.3, 0.4) is 0 Å². The van der Waals surface area contributed by atoms with Crippen LogP contribution >= 0.6 is 0 Å². The zero-order valence-electron chi connectivity index (χ0n) is 43.0. The van der Waals surface area contributed by atoms with Crippen molar-refractivity contribution in [1.29, 1.82) is 0 Å². The second kappa shape index (κ2) is 13.2. The summed E-state index contributed by atoms with van der Waals surface area (Å²) in [5.74, 6) is 0. The minimum absolute atomic E-state index is 0.00999. The van der Waals surface area contributed by atoms with Gasteiger partial charge >= 0.3 is 6.85 Å². The fraction of sp³-hybridized carbons (Fsp3) is 0.312. The Kier molecular flexibility index (Phi) is 7.96. The summed E-state index contributed by atoms with van der Waals surface area (Å²) < 4.78 is 24.6. The fourth-order valence-electron chi connectivity index (χ4n) is 12.9. The van der Waals surface area contributed by atoms with Crippen molar-refractivity contribution in [2.75, 3.05) is 4.81 Å². The van der Waals surface area contributed by atoms with Crippen molar-refractivity contribution < 1.29 is 13.3 Å². The van der Waals surface area contributed by atoms with Gasteiger partial charge in [-0.05, 0) is 139 Å². The SMILES string of the molecule is CC(C)(C)c1ccc(N2B3c4oc5cc6c(cc5c4-n4c5ccc(C(C)(C)C)cc5c5c7oc8ccccc8c7c(c3c54)-c3cc4oc5cc(C(C)(C)C)ccc5c4cc32)C(C)(C)CCC6(C)C)cc1. The standard InChI is InChI=1S/C64H61BN2O3/c1-60(2,3)34-18-22-37(23-19-34)67-47-31-40-38-24-20-36(62(7,8)9)29-49(38)68-50(40)32-42(47)52-53-39-16-14-15-17-48(39)69-58(53)54-41-28-35(61(4,5)6)21-25-46(41)66-56-43-30-44-45(64(12,13)27-26-63(44,10)11)33-51(43)70-59(56)65(67)55(52)57(54)66/h14-25,28-33H,26-27H2,1-13H3. The molecule has 0 saturated carbocycles. The lowest BCUT2D eigenvalue weighted by molar-refractivity contribution is 0.332. The van der Waals surface area contributed by atoms with Gasteiger partial charge in [0, 0.05) is 49.3 Å². The molecule has 0 bridgehead atoms. The van der Waals surface area contributed by atoms with Crippen molar-refractivity contribution in [2.24, 2.45) is 0 Å². The molecule has 4 aromatic heterocycles. The Bertz CT molecular complexity index is 4130. The van der Waals surface area contributed by atoms with Crippen molar-refractivity contribution in [3.63, 3.8) is 0 Å². The van der Waals surface area contributed by atoms with E-state index in [1.165, 1.54) is 49.7 Å². The van der Waals surface area contributed by atoms with Crippen molar-refractivity contribution in [3.8, 4) is 16.8 Å². The second-order valence-corrected chi connectivity index (χ2v) is 25.6. The highest BCUT2D eigenvalue weighted by Crippen LogP contribution is 2.55. The maximum Gasteiger partial charge on any atom is 0.376 e. The van der Waals surface area contributed by atoms with E-state index in [9.17, 15) is 0 Å². The van der Waals surface area contributed by atoms with E-state index in [1.54, 1.807) is 0 Å². The average molecular weight is 917 g/mol. The van der Waals surface area contributed by atoms with Gasteiger partial charge in [-0.25, -0.2) is 0 Å². The third-order valence-corrected chi connectivity index (χ3v) is 17.1. The lowest BCUT2D eigenvalue weighted by Crippen LogP contribution is -2.60. The quantitative estimate of drug-likeness (QED) is 0.154. The Hall–Kier alpha value is -6.66. The van der Waals surface area contributed by atoms with E-state index in [0.29, 0.717) is 0 Å². The van der Waals surface area contributed by atoms with Gasteiger partial charge in [-0.3, -0.25) is 0 Å². The number of aromatic nitrogens is 1. The number of nitrogens with zero attached hydrogens (tertiary/aromatic N) is 2. The lowest BCUT2D eigenvalue weighted by atomic mass is 9.46. The van der Waals surface area contributed by atoms with E-state index in [1.807, 2.05) is 0 Å². The van der Waals surface area contributed by atoms with Crippen LogP contribution in [-0.2, 0) is 27.1 Å². The number of anilines is 2. The van der Waals surface area contributed by atoms with Crippen LogP contribution in [0.25, 0.3) is 93.5 Å². The Morgan fingerprint density at radius 3 is 1.86 bits per heavy atom. The Balaban J connectivity index is 1.22. The molecule has 14 rings (SSSR count). The number of fused-ring (bicyclic) bond motifs is 19. The van der Waals surface area contributed by atoms with Crippen molar-refractivity contribution >= 4 is 106 Å². The summed E-state index contributed by atoms with van der Waals surface area (Å²) in [6, 6.07) is 41.6. The molecule has 0 saturated heterocycles. The summed E-state index contributed by atoms with van der Waals surface area (Å²) in [6.45, 7) is 30.0. The largest absolute Gasteiger partial charge is 0.466 e. The van der Waals surface area contributed by atoms with Gasteiger partial charge in [0.2, 0.25) is 0 Å². The van der Waals surface area contributed by atoms with Crippen molar-refractivity contribution in [3.05, 3.63) is 137 Å². The number of para-hydroxylation sites is 1. The van der Waals surface area contributed by atoms with Crippen molar-refractivity contribution in [2.45, 2.75) is 130 Å². The summed E-state index contributed by atoms with van der Waals surface area (Å²) in [5.41, 5.74) is 21.3. The molecule has 6 heteroatoms. The molecular formula is C64H61BN2O3. The van der Waals surface area contributed by atoms with Crippen LogP contribution in [0.5, 0.6) is 0 Å². The van der Waals surface area contributed by atoms with Gasteiger partial charge < -0.3 is 22.6 Å². The first-order valence-corrected chi connectivity index (χ1v) is 25.6. The van der Waals surface area contributed by atoms with E-state index in [0.717, 1.165) is 107 Å². The highest BCUT2D eigenvalue weighted by Gasteiger charge is 2.50. The van der Waals surface area contributed by atoms with Crippen LogP contribution in [-0.4, -0.2) is 11.4 Å². The third kappa shape index (κ3) is 5.51. The molecule has 1 aliphatic carbocycles. The number of hydrogen-bond donors (Lipinski definition) is 0. The van der Waals surface area contributed by atoms with Crippen LogP contribution in [0.1, 0.15) is 131 Å². The molecule has 0 amide bonds. The van der Waals surface area contributed by atoms with E-state index in [2.05, 4.69) is 209 Å². The maximum atomic E-state index is 7.70. The molecular weight excluding hydrogens is 856 g/mol. The van der Waals surface area contributed by atoms with Gasteiger partial charge in [-0.15, -0.1) is 0 Å². The molecule has 6 heterocycles. The highest BCUT2D eigenvalue weighted by atomic mass is 16.3. The highest BCUT2D eigenvalue weighted by molar-refractivity contribution is 6.93. The first kappa shape index (κ1) is 42.2. The Morgan fingerprint density at radius 1 is 0.514 bits per heavy atom. The number of furan rings is 3. The van der Waals surface area contributed by atoms with E-state index in [4.69, 9.17) is 13.3 Å². The minimum Gasteiger partial charge on any atom is -0.466 e. The van der Waals surface area contributed by atoms with Crippen LogP contribution in [0.4, 0.5) is 11.4 Å². The zero-order valence-corrected chi connectivity index (χ0v) is 43.0. The molecule has 70 heavy (non-hydrogen) atoms. The molecule has 348 valence electrons. The normalized spacial score (nSPS) is 16.4. The van der Waals surface area contributed by atoms with Gasteiger partial charge in [-0.2, -0.15) is 0 Å². The summed E-state index contributed by atoms with van der Waals surface area (Å²) >= 11 is 0. The molecule has 11 aromatic rings. The lowest BCUT2D eigenvalue weighted by Gasteiger charge is -2.41. The molecule has 2 aliphatic heterocycles. The summed E-state index contributed by atoms with van der Waals surface area (Å²) in [5, 5.41) is 7.98. The first-order chi connectivity index (χ1) is 33.1. The van der Waals surface area contributed by atoms with E-state index >= 15 is 0 Å². The molecule has 0 N–H and O–H groups in total. The van der Waals surface area contributed by atoms with Crippen LogP contribution in [0.2, 0.25) is 0 Å². The summed E-state index contributed by atoms with van der Waals surface area (Å²) in [7, 11) is 0. The van der Waals surface area contributed by atoms with E-state index in [-0.39, 0.29) is 33.9 Å². The molecule has 0 spiro atoms. The average Bonchev–Trinajstić information content (AvgIpc) is 4.06. The minimum atomic E-state index is -0.328. The molecule has 5 nitrogen and oxygen atoms in total. The van der Waals surface area contributed by atoms with Crippen LogP contribution < -0.4 is 15.9 Å². The predicted octanol–water partition coefficient (Wildman–Crippen LogP) is 16.8. The monoisotopic (exact) mass is 916 g/mol. The summed E-state index contributed by atoms with van der Waals surface area (Å²) in [4.78, 5) is 2.61. The Labute approximate surface area is 410 Å². The van der Waals surface area contributed by atoms with Crippen LogP contribution in [0, 0.1) is 0 Å². The smallest absolute Gasteiger partial charge is 0.376 e. The topological polar surface area (TPSA) is 47.6 Å². The van der Waals surface area contributed by atoms with Gasteiger partial charge in [-0.1, -0.05) is 139 Å². The van der Waals surface area contributed by atoms with Crippen molar-refractivity contribution in [1.82, 2.24) is 4.57 Å². The third-order valence-electron chi connectivity index (χ3n) is 17.1. The molecule has 7 aromatic carbocycles. The first-order valence-electron chi connectivity index (χ1n) is 25.6. The number of benzene rings is 7. The molecule has 0 radical (unpaired) electrons. The predicted molar refractivity (Wildman–Crippen MR) is 296 cm³/mol. The molecule has 0 fully saturated rings. The van der Waals surface area contributed by atoms with Gasteiger partial charge in [0.05, 0.1) is 22.1 Å². The molecule has 0 unspecified atom stereocenters. The van der Waals surface area contributed by atoms with Gasteiger partial charge in [0.25, 0.3) is 0 Å².